The second-order valence-corrected chi connectivity index (χ2v) is 7.26. The molecule has 2 aromatic rings. The molecule has 0 aliphatic rings. The van der Waals surface area contributed by atoms with Crippen LogP contribution in [-0.2, 0) is 21.2 Å². The summed E-state index contributed by atoms with van der Waals surface area (Å²) in [5.41, 5.74) is 0. The molecule has 0 aliphatic carbocycles. The van der Waals surface area contributed by atoms with E-state index in [4.69, 9.17) is 9.52 Å². The number of rotatable bonds is 6. The number of thiophene rings is 1. The number of carbonyl (C=O) groups is 1. The van der Waals surface area contributed by atoms with Gasteiger partial charge in [-0.1, -0.05) is 0 Å². The highest BCUT2D eigenvalue weighted by Gasteiger charge is 2.22. The van der Waals surface area contributed by atoms with E-state index in [2.05, 4.69) is 4.72 Å². The minimum atomic E-state index is -3.68. The van der Waals surface area contributed by atoms with Crippen LogP contribution in [0.15, 0.2) is 39.2 Å². The molecule has 0 radical (unpaired) electrons. The van der Waals surface area contributed by atoms with Crippen LogP contribution < -0.4 is 4.72 Å². The molecule has 2 N–H and O–H groups in total. The first-order valence-electron chi connectivity index (χ1n) is 5.75. The fourth-order valence-electron chi connectivity index (χ4n) is 1.63. The number of aliphatic carboxylic acids is 1. The Bertz CT molecular complexity index is 687. The molecular weight excluding hydrogens is 302 g/mol. The minimum Gasteiger partial charge on any atom is -0.481 e. The summed E-state index contributed by atoms with van der Waals surface area (Å²) in [6, 6.07) is 5.76. The van der Waals surface area contributed by atoms with E-state index in [1.165, 1.54) is 18.4 Å². The molecule has 0 saturated carbocycles. The Morgan fingerprint density at radius 1 is 1.45 bits per heavy atom. The van der Waals surface area contributed by atoms with Crippen LogP contribution in [0.3, 0.4) is 0 Å². The maximum absolute atomic E-state index is 12.1. The predicted molar refractivity (Wildman–Crippen MR) is 73.1 cm³/mol. The lowest BCUT2D eigenvalue weighted by Crippen LogP contribution is -2.25. The van der Waals surface area contributed by atoms with Crippen LogP contribution in [0, 0.1) is 0 Å². The normalized spacial score (nSPS) is 13.2. The fourth-order valence-corrected chi connectivity index (χ4v) is 4.21. The van der Waals surface area contributed by atoms with Gasteiger partial charge in [0.05, 0.1) is 18.7 Å². The first kappa shape index (κ1) is 14.8. The van der Waals surface area contributed by atoms with Gasteiger partial charge in [-0.25, -0.2) is 13.1 Å². The number of hydrogen-bond acceptors (Lipinski definition) is 5. The zero-order valence-corrected chi connectivity index (χ0v) is 12.2. The smallest absolute Gasteiger partial charge is 0.308 e. The third kappa shape index (κ3) is 3.47. The van der Waals surface area contributed by atoms with Crippen LogP contribution in [0.5, 0.6) is 0 Å². The molecular formula is C12H13NO5S2. The number of carboxylic acids is 1. The van der Waals surface area contributed by atoms with E-state index in [0.717, 1.165) is 11.3 Å². The van der Waals surface area contributed by atoms with Crippen LogP contribution in [0.25, 0.3) is 0 Å². The number of nitrogens with one attached hydrogen (secondary N) is 1. The molecule has 8 heteroatoms. The van der Waals surface area contributed by atoms with Crippen LogP contribution in [-0.4, -0.2) is 19.5 Å². The second kappa shape index (κ2) is 5.78. The van der Waals surface area contributed by atoms with Crippen molar-refractivity contribution in [3.05, 3.63) is 41.2 Å². The van der Waals surface area contributed by atoms with Crippen molar-refractivity contribution in [1.29, 1.82) is 0 Å². The van der Waals surface area contributed by atoms with Crippen LogP contribution >= 0.6 is 11.3 Å². The van der Waals surface area contributed by atoms with Crippen molar-refractivity contribution in [2.75, 3.05) is 0 Å². The SMILES string of the molecule is CC(NS(=O)(=O)c1ccc(CC(=O)O)s1)c1ccco1. The number of carboxylic acid groups (broad SMARTS) is 1. The molecule has 108 valence electrons. The van der Waals surface area contributed by atoms with Crippen molar-refractivity contribution in [3.8, 4) is 0 Å². The molecule has 1 unspecified atom stereocenters. The van der Waals surface area contributed by atoms with Crippen LogP contribution in [0.4, 0.5) is 0 Å². The van der Waals surface area contributed by atoms with Gasteiger partial charge in [-0.2, -0.15) is 0 Å². The average Bonchev–Trinajstić information content (AvgIpc) is 2.97. The zero-order valence-electron chi connectivity index (χ0n) is 10.6. The van der Waals surface area contributed by atoms with E-state index in [9.17, 15) is 13.2 Å². The molecule has 20 heavy (non-hydrogen) atoms. The van der Waals surface area contributed by atoms with E-state index in [-0.39, 0.29) is 10.6 Å². The third-order valence-corrected chi connectivity index (χ3v) is 5.65. The predicted octanol–water partition coefficient (Wildman–Crippen LogP) is 2.01. The van der Waals surface area contributed by atoms with Gasteiger partial charge >= 0.3 is 5.97 Å². The summed E-state index contributed by atoms with van der Waals surface area (Å²) in [5, 5.41) is 8.68. The maximum Gasteiger partial charge on any atom is 0.308 e. The van der Waals surface area contributed by atoms with Crippen LogP contribution in [0.2, 0.25) is 0 Å². The largest absolute Gasteiger partial charge is 0.481 e. The van der Waals surface area contributed by atoms with Gasteiger partial charge in [-0.05, 0) is 31.2 Å². The van der Waals surface area contributed by atoms with Gasteiger partial charge in [0.1, 0.15) is 9.97 Å². The summed E-state index contributed by atoms with van der Waals surface area (Å²) >= 11 is 0.945. The van der Waals surface area contributed by atoms with Gasteiger partial charge in [0.15, 0.2) is 0 Å². The molecule has 2 heterocycles. The molecule has 6 nitrogen and oxygen atoms in total. The topological polar surface area (TPSA) is 96.6 Å². The summed E-state index contributed by atoms with van der Waals surface area (Å²) in [6.45, 7) is 1.67. The van der Waals surface area contributed by atoms with Gasteiger partial charge in [-0.15, -0.1) is 11.3 Å². The van der Waals surface area contributed by atoms with E-state index >= 15 is 0 Å². The number of furan rings is 1. The first-order valence-corrected chi connectivity index (χ1v) is 8.04. The third-order valence-electron chi connectivity index (χ3n) is 2.53. The quantitative estimate of drug-likeness (QED) is 0.850. The Morgan fingerprint density at radius 3 is 2.80 bits per heavy atom. The number of hydrogen-bond donors (Lipinski definition) is 2. The highest BCUT2D eigenvalue weighted by Crippen LogP contribution is 2.24. The highest BCUT2D eigenvalue weighted by molar-refractivity contribution is 7.91. The summed E-state index contributed by atoms with van der Waals surface area (Å²) < 4.78 is 32.0. The molecule has 0 amide bonds. The second-order valence-electron chi connectivity index (χ2n) is 4.15. The summed E-state index contributed by atoms with van der Waals surface area (Å²) in [7, 11) is -3.68. The Kier molecular flexibility index (Phi) is 4.26. The molecule has 0 bridgehead atoms. The molecule has 0 aromatic carbocycles. The Labute approximate surface area is 120 Å². The molecule has 0 saturated heterocycles. The number of sulfonamides is 1. The lowest BCUT2D eigenvalue weighted by molar-refractivity contribution is -0.136. The summed E-state index contributed by atoms with van der Waals surface area (Å²) in [4.78, 5) is 11.1. The van der Waals surface area contributed by atoms with Crippen molar-refractivity contribution in [2.24, 2.45) is 0 Å². The fraction of sp³-hybridized carbons (Fsp3) is 0.250. The lowest BCUT2D eigenvalue weighted by atomic mass is 10.3. The van der Waals surface area contributed by atoms with E-state index in [1.54, 1.807) is 19.1 Å². The first-order chi connectivity index (χ1) is 9.38. The monoisotopic (exact) mass is 315 g/mol. The van der Waals surface area contributed by atoms with Gasteiger partial charge in [0.25, 0.3) is 10.0 Å². The van der Waals surface area contributed by atoms with Crippen molar-refractivity contribution in [2.45, 2.75) is 23.6 Å². The van der Waals surface area contributed by atoms with E-state index in [0.29, 0.717) is 10.6 Å². The molecule has 0 aliphatic heterocycles. The molecule has 2 aromatic heterocycles. The van der Waals surface area contributed by atoms with Crippen molar-refractivity contribution in [3.63, 3.8) is 0 Å². The molecule has 0 fully saturated rings. The molecule has 0 spiro atoms. The standard InChI is InChI=1S/C12H13NO5S2/c1-8(10-3-2-6-18-10)13-20(16,17)12-5-4-9(19-12)7-11(14)15/h2-6,8,13H,7H2,1H3,(H,14,15). The molecule has 2 rings (SSSR count). The van der Waals surface area contributed by atoms with Crippen molar-refractivity contribution < 1.29 is 22.7 Å². The van der Waals surface area contributed by atoms with Gasteiger partial charge in [-0.3, -0.25) is 4.79 Å². The minimum absolute atomic E-state index is 0.0900. The summed E-state index contributed by atoms with van der Waals surface area (Å²) in [6.07, 6.45) is 1.28. The summed E-state index contributed by atoms with van der Waals surface area (Å²) in [5.74, 6) is -0.483. The Hall–Kier alpha value is -1.64. The van der Waals surface area contributed by atoms with Crippen LogP contribution in [0.1, 0.15) is 23.6 Å². The average molecular weight is 315 g/mol. The van der Waals surface area contributed by atoms with Crippen molar-refractivity contribution in [1.82, 2.24) is 4.72 Å². The highest BCUT2D eigenvalue weighted by atomic mass is 32.2. The Balaban J connectivity index is 2.14. The maximum atomic E-state index is 12.1. The van der Waals surface area contributed by atoms with E-state index < -0.39 is 22.0 Å². The van der Waals surface area contributed by atoms with Gasteiger partial charge in [0.2, 0.25) is 0 Å². The van der Waals surface area contributed by atoms with Crippen molar-refractivity contribution >= 4 is 27.3 Å². The molecule has 1 atom stereocenters. The van der Waals surface area contributed by atoms with Gasteiger partial charge < -0.3 is 9.52 Å². The lowest BCUT2D eigenvalue weighted by Gasteiger charge is -2.10. The van der Waals surface area contributed by atoms with Gasteiger partial charge in [0, 0.05) is 4.88 Å². The van der Waals surface area contributed by atoms with E-state index in [1.807, 2.05) is 0 Å². The zero-order chi connectivity index (χ0) is 14.8. The Morgan fingerprint density at radius 2 is 2.20 bits per heavy atom.